The third-order valence-electron chi connectivity index (χ3n) is 3.06. The maximum absolute atomic E-state index is 12.2. The van der Waals surface area contributed by atoms with Crippen LogP contribution in [0.1, 0.15) is 27.9 Å². The molecule has 0 amide bonds. The Morgan fingerprint density at radius 1 is 1.42 bits per heavy atom. The van der Waals surface area contributed by atoms with Gasteiger partial charge in [0.1, 0.15) is 5.75 Å². The van der Waals surface area contributed by atoms with Crippen molar-refractivity contribution in [2.45, 2.75) is 19.8 Å². The van der Waals surface area contributed by atoms with Crippen molar-refractivity contribution in [1.82, 2.24) is 9.78 Å². The molecule has 0 unspecified atom stereocenters. The molecule has 2 rings (SSSR count). The van der Waals surface area contributed by atoms with E-state index in [4.69, 9.17) is 4.74 Å². The molecule has 0 N–H and O–H groups in total. The van der Waals surface area contributed by atoms with Crippen molar-refractivity contribution in [3.05, 3.63) is 47.3 Å². The Bertz CT molecular complexity index is 588. The Morgan fingerprint density at radius 2 is 2.21 bits per heavy atom. The van der Waals surface area contributed by atoms with Crippen molar-refractivity contribution in [3.63, 3.8) is 0 Å². The van der Waals surface area contributed by atoms with Gasteiger partial charge in [0.05, 0.1) is 18.9 Å². The van der Waals surface area contributed by atoms with Gasteiger partial charge in [0.2, 0.25) is 0 Å². The zero-order valence-corrected chi connectivity index (χ0v) is 11.5. The van der Waals surface area contributed by atoms with Crippen LogP contribution in [-0.2, 0) is 13.5 Å². The van der Waals surface area contributed by atoms with Crippen LogP contribution >= 0.6 is 0 Å². The molecule has 4 heteroatoms. The molecule has 0 saturated carbocycles. The normalized spacial score (nSPS) is 10.5. The fraction of sp³-hybridized carbons (Fsp3) is 0.333. The van der Waals surface area contributed by atoms with Crippen molar-refractivity contribution in [1.29, 1.82) is 0 Å². The summed E-state index contributed by atoms with van der Waals surface area (Å²) in [4.78, 5) is 12.2. The first-order valence-electron chi connectivity index (χ1n) is 6.25. The van der Waals surface area contributed by atoms with E-state index < -0.39 is 0 Å². The number of aromatic nitrogens is 2. The zero-order chi connectivity index (χ0) is 13.8. The number of methoxy groups -OCH3 is 1. The van der Waals surface area contributed by atoms with Gasteiger partial charge in [0.15, 0.2) is 5.78 Å². The Morgan fingerprint density at radius 3 is 2.84 bits per heavy atom. The van der Waals surface area contributed by atoms with Crippen LogP contribution < -0.4 is 4.74 Å². The quantitative estimate of drug-likeness (QED) is 0.774. The minimum atomic E-state index is 0.0979. The van der Waals surface area contributed by atoms with Crippen molar-refractivity contribution < 1.29 is 9.53 Å². The van der Waals surface area contributed by atoms with Crippen LogP contribution in [0, 0.1) is 6.92 Å². The van der Waals surface area contributed by atoms with Gasteiger partial charge in [-0.2, -0.15) is 5.10 Å². The van der Waals surface area contributed by atoms with Gasteiger partial charge in [-0.25, -0.2) is 0 Å². The molecule has 0 radical (unpaired) electrons. The van der Waals surface area contributed by atoms with Gasteiger partial charge in [-0.1, -0.05) is 6.07 Å². The Hall–Kier alpha value is -2.10. The minimum absolute atomic E-state index is 0.0979. The van der Waals surface area contributed by atoms with Crippen molar-refractivity contribution in [2.75, 3.05) is 7.11 Å². The van der Waals surface area contributed by atoms with Gasteiger partial charge in [-0.05, 0) is 36.6 Å². The first kappa shape index (κ1) is 13.3. The highest BCUT2D eigenvalue weighted by molar-refractivity contribution is 5.98. The van der Waals surface area contributed by atoms with Gasteiger partial charge in [0, 0.05) is 19.7 Å². The fourth-order valence-corrected chi connectivity index (χ4v) is 2.02. The molecule has 0 atom stereocenters. The molecule has 0 fully saturated rings. The van der Waals surface area contributed by atoms with Crippen LogP contribution in [0.25, 0.3) is 0 Å². The van der Waals surface area contributed by atoms with Crippen LogP contribution in [0.2, 0.25) is 0 Å². The highest BCUT2D eigenvalue weighted by atomic mass is 16.5. The summed E-state index contributed by atoms with van der Waals surface area (Å²) in [6.07, 6.45) is 4.88. The number of ether oxygens (including phenoxy) is 1. The number of aryl methyl sites for hydroxylation is 3. The molecule has 1 aromatic carbocycles. The van der Waals surface area contributed by atoms with Crippen molar-refractivity contribution in [2.24, 2.45) is 7.05 Å². The number of carbonyl (C=O) groups excluding carboxylic acids is 1. The van der Waals surface area contributed by atoms with Crippen molar-refractivity contribution >= 4 is 5.78 Å². The molecule has 0 aliphatic heterocycles. The maximum Gasteiger partial charge on any atom is 0.166 e. The predicted octanol–water partition coefficient (Wildman–Crippen LogP) is 2.55. The molecule has 0 spiro atoms. The number of ketones is 1. The molecule has 4 nitrogen and oxygen atoms in total. The number of benzene rings is 1. The molecule has 2 aromatic rings. The van der Waals surface area contributed by atoms with E-state index in [-0.39, 0.29) is 5.78 Å². The molecular weight excluding hydrogens is 240 g/mol. The topological polar surface area (TPSA) is 44.1 Å². The highest BCUT2D eigenvalue weighted by Crippen LogP contribution is 2.22. The maximum atomic E-state index is 12.2. The van der Waals surface area contributed by atoms with E-state index >= 15 is 0 Å². The number of hydrogen-bond acceptors (Lipinski definition) is 3. The Kier molecular flexibility index (Phi) is 4.00. The number of carbonyl (C=O) groups is 1. The van der Waals surface area contributed by atoms with Crippen LogP contribution in [0.4, 0.5) is 0 Å². The second-order valence-electron chi connectivity index (χ2n) is 4.65. The number of nitrogens with zero attached hydrogens (tertiary/aromatic N) is 2. The van der Waals surface area contributed by atoms with E-state index in [9.17, 15) is 4.79 Å². The van der Waals surface area contributed by atoms with E-state index in [0.717, 1.165) is 11.1 Å². The molecule has 0 saturated heterocycles. The van der Waals surface area contributed by atoms with Crippen molar-refractivity contribution in [3.8, 4) is 5.75 Å². The predicted molar refractivity (Wildman–Crippen MR) is 73.6 cm³/mol. The van der Waals surface area contributed by atoms with E-state index in [1.54, 1.807) is 18.0 Å². The summed E-state index contributed by atoms with van der Waals surface area (Å²) in [7, 11) is 3.46. The molecule has 19 heavy (non-hydrogen) atoms. The second kappa shape index (κ2) is 5.69. The summed E-state index contributed by atoms with van der Waals surface area (Å²) in [5.74, 6) is 0.747. The highest BCUT2D eigenvalue weighted by Gasteiger charge is 2.12. The SMILES string of the molecule is COc1cc(C)ccc1C(=O)CCc1cnn(C)c1. The van der Waals surface area contributed by atoms with Gasteiger partial charge in [-0.3, -0.25) is 9.48 Å². The monoisotopic (exact) mass is 258 g/mol. The lowest BCUT2D eigenvalue weighted by atomic mass is 10.0. The zero-order valence-electron chi connectivity index (χ0n) is 11.5. The van der Waals surface area contributed by atoms with Gasteiger partial charge >= 0.3 is 0 Å². The standard InChI is InChI=1S/C15H18N2O2/c1-11-4-6-13(15(8-11)19-3)14(18)7-5-12-9-16-17(2)10-12/h4,6,8-10H,5,7H2,1-3H3. The molecule has 0 aliphatic carbocycles. The lowest BCUT2D eigenvalue weighted by Gasteiger charge is -2.08. The summed E-state index contributed by atoms with van der Waals surface area (Å²) in [6, 6.07) is 5.65. The van der Waals surface area contributed by atoms with E-state index in [1.807, 2.05) is 38.4 Å². The molecule has 0 bridgehead atoms. The van der Waals surface area contributed by atoms with Gasteiger partial charge in [0.25, 0.3) is 0 Å². The van der Waals surface area contributed by atoms with Crippen LogP contribution in [0.5, 0.6) is 5.75 Å². The number of Topliss-reactive ketones (excluding diaryl/α,β-unsaturated/α-hetero) is 1. The van der Waals surface area contributed by atoms with Gasteiger partial charge < -0.3 is 4.74 Å². The molecule has 1 heterocycles. The third kappa shape index (κ3) is 3.22. The van der Waals surface area contributed by atoms with Gasteiger partial charge in [-0.15, -0.1) is 0 Å². The summed E-state index contributed by atoms with van der Waals surface area (Å²) >= 11 is 0. The second-order valence-corrected chi connectivity index (χ2v) is 4.65. The Balaban J connectivity index is 2.07. The average Bonchev–Trinajstić information content (AvgIpc) is 2.81. The summed E-state index contributed by atoms with van der Waals surface area (Å²) < 4.78 is 7.01. The largest absolute Gasteiger partial charge is 0.496 e. The lowest BCUT2D eigenvalue weighted by molar-refractivity contribution is 0.0980. The summed E-state index contributed by atoms with van der Waals surface area (Å²) in [6.45, 7) is 1.98. The molecule has 0 aliphatic rings. The third-order valence-corrected chi connectivity index (χ3v) is 3.06. The average molecular weight is 258 g/mol. The molecular formula is C15H18N2O2. The minimum Gasteiger partial charge on any atom is -0.496 e. The summed E-state index contributed by atoms with van der Waals surface area (Å²) in [5.41, 5.74) is 2.81. The van der Waals surface area contributed by atoms with Crippen LogP contribution in [-0.4, -0.2) is 22.7 Å². The van der Waals surface area contributed by atoms with E-state index in [2.05, 4.69) is 5.10 Å². The summed E-state index contributed by atoms with van der Waals surface area (Å²) in [5, 5.41) is 4.09. The van der Waals surface area contributed by atoms with Crippen LogP contribution in [0.15, 0.2) is 30.6 Å². The smallest absolute Gasteiger partial charge is 0.166 e. The number of rotatable bonds is 5. The fourth-order valence-electron chi connectivity index (χ4n) is 2.02. The van der Waals surface area contributed by atoms with Crippen LogP contribution in [0.3, 0.4) is 0 Å². The Labute approximate surface area is 113 Å². The van der Waals surface area contributed by atoms with E-state index in [1.165, 1.54) is 0 Å². The van der Waals surface area contributed by atoms with E-state index in [0.29, 0.717) is 24.2 Å². The first-order chi connectivity index (χ1) is 9.10. The molecule has 100 valence electrons. The first-order valence-corrected chi connectivity index (χ1v) is 6.25. The lowest BCUT2D eigenvalue weighted by Crippen LogP contribution is -2.04. The molecule has 1 aromatic heterocycles. The number of hydrogen-bond donors (Lipinski definition) is 0.